The van der Waals surface area contributed by atoms with Gasteiger partial charge in [-0.1, -0.05) is 0 Å². The SMILES string of the molecule is CNCCC1CCCCN1c1c(Br)cncc1[N+](=O)[O-]. The molecule has 1 N–H and O–H groups in total. The van der Waals surface area contributed by atoms with Gasteiger partial charge < -0.3 is 10.2 Å². The van der Waals surface area contributed by atoms with Crippen LogP contribution in [-0.4, -0.2) is 36.1 Å². The molecule has 6 nitrogen and oxygen atoms in total. The Morgan fingerprint density at radius 3 is 3.05 bits per heavy atom. The van der Waals surface area contributed by atoms with Crippen LogP contribution in [0.2, 0.25) is 0 Å². The number of pyridine rings is 1. The Kier molecular flexibility index (Phi) is 5.31. The second-order valence-corrected chi connectivity index (χ2v) is 5.84. The van der Waals surface area contributed by atoms with Crippen molar-refractivity contribution >= 4 is 27.3 Å². The molecule has 0 spiro atoms. The standard InChI is InChI=1S/C13H19BrN4O2/c1-15-6-5-10-4-2-3-7-17(10)13-11(14)8-16-9-12(13)18(19)20/h8-10,15H,2-7H2,1H3. The molecule has 1 atom stereocenters. The fourth-order valence-corrected chi connectivity index (χ4v) is 3.29. The highest BCUT2D eigenvalue weighted by atomic mass is 79.9. The smallest absolute Gasteiger partial charge is 0.311 e. The first-order valence-corrected chi connectivity index (χ1v) is 7.63. The zero-order valence-corrected chi connectivity index (χ0v) is 13.1. The summed E-state index contributed by atoms with van der Waals surface area (Å²) >= 11 is 3.42. The molecule has 2 rings (SSSR count). The lowest BCUT2D eigenvalue weighted by Crippen LogP contribution is -2.41. The summed E-state index contributed by atoms with van der Waals surface area (Å²) in [5.41, 5.74) is 0.751. The van der Waals surface area contributed by atoms with Crippen molar-refractivity contribution in [2.75, 3.05) is 25.0 Å². The predicted molar refractivity (Wildman–Crippen MR) is 82.1 cm³/mol. The van der Waals surface area contributed by atoms with Crippen molar-refractivity contribution in [2.45, 2.75) is 31.7 Å². The van der Waals surface area contributed by atoms with E-state index in [0.29, 0.717) is 16.2 Å². The van der Waals surface area contributed by atoms with E-state index in [1.165, 1.54) is 12.6 Å². The Morgan fingerprint density at radius 1 is 1.55 bits per heavy atom. The van der Waals surface area contributed by atoms with Crippen LogP contribution in [0.1, 0.15) is 25.7 Å². The fourth-order valence-electron chi connectivity index (χ4n) is 2.74. The number of nitro groups is 1. The highest BCUT2D eigenvalue weighted by Crippen LogP contribution is 2.38. The van der Waals surface area contributed by atoms with Crippen LogP contribution in [0.15, 0.2) is 16.9 Å². The van der Waals surface area contributed by atoms with Gasteiger partial charge in [0.1, 0.15) is 11.9 Å². The van der Waals surface area contributed by atoms with Crippen molar-refractivity contribution in [3.8, 4) is 0 Å². The molecule has 1 aromatic rings. The Hall–Kier alpha value is -1.21. The quantitative estimate of drug-likeness (QED) is 0.657. The molecule has 1 unspecified atom stereocenters. The van der Waals surface area contributed by atoms with Gasteiger partial charge in [-0.15, -0.1) is 0 Å². The average molecular weight is 343 g/mol. The number of piperidine rings is 1. The van der Waals surface area contributed by atoms with Crippen LogP contribution in [0.5, 0.6) is 0 Å². The van der Waals surface area contributed by atoms with E-state index >= 15 is 0 Å². The van der Waals surface area contributed by atoms with Crippen LogP contribution in [0.3, 0.4) is 0 Å². The van der Waals surface area contributed by atoms with Gasteiger partial charge in [0.15, 0.2) is 0 Å². The van der Waals surface area contributed by atoms with Crippen LogP contribution in [0.4, 0.5) is 11.4 Å². The summed E-state index contributed by atoms with van der Waals surface area (Å²) in [5.74, 6) is 0. The summed E-state index contributed by atoms with van der Waals surface area (Å²) < 4.78 is 0.697. The molecule has 1 aromatic heterocycles. The van der Waals surface area contributed by atoms with Crippen LogP contribution >= 0.6 is 15.9 Å². The van der Waals surface area contributed by atoms with Crippen molar-refractivity contribution in [1.82, 2.24) is 10.3 Å². The van der Waals surface area contributed by atoms with Crippen LogP contribution in [0, 0.1) is 10.1 Å². The molecule has 0 aromatic carbocycles. The Morgan fingerprint density at radius 2 is 2.35 bits per heavy atom. The first-order valence-electron chi connectivity index (χ1n) is 6.84. The van der Waals surface area contributed by atoms with Gasteiger partial charge in [0.2, 0.25) is 0 Å². The third kappa shape index (κ3) is 3.27. The molecule has 1 aliphatic rings. The molecule has 1 fully saturated rings. The van der Waals surface area contributed by atoms with E-state index in [-0.39, 0.29) is 10.6 Å². The number of rotatable bonds is 5. The zero-order chi connectivity index (χ0) is 14.5. The van der Waals surface area contributed by atoms with Crippen molar-refractivity contribution in [1.29, 1.82) is 0 Å². The fraction of sp³-hybridized carbons (Fsp3) is 0.615. The lowest BCUT2D eigenvalue weighted by Gasteiger charge is -2.37. The molecule has 110 valence electrons. The summed E-state index contributed by atoms with van der Waals surface area (Å²) in [7, 11) is 1.93. The third-order valence-corrected chi connectivity index (χ3v) is 4.27. The molecule has 0 amide bonds. The monoisotopic (exact) mass is 342 g/mol. The molecule has 20 heavy (non-hydrogen) atoms. The van der Waals surface area contributed by atoms with Crippen LogP contribution in [-0.2, 0) is 0 Å². The molecule has 0 saturated carbocycles. The summed E-state index contributed by atoms with van der Waals surface area (Å²) in [4.78, 5) is 17.0. The maximum Gasteiger partial charge on any atom is 0.311 e. The van der Waals surface area contributed by atoms with Gasteiger partial charge in [0.05, 0.1) is 9.40 Å². The number of nitrogens with zero attached hydrogens (tertiary/aromatic N) is 3. The summed E-state index contributed by atoms with van der Waals surface area (Å²) in [5, 5.41) is 14.4. The largest absolute Gasteiger partial charge is 0.362 e. The van der Waals surface area contributed by atoms with Gasteiger partial charge in [-0.25, -0.2) is 0 Å². The van der Waals surface area contributed by atoms with E-state index in [9.17, 15) is 10.1 Å². The first-order chi connectivity index (χ1) is 9.65. The Labute approximate surface area is 126 Å². The number of halogens is 1. The van der Waals surface area contributed by atoms with Crippen molar-refractivity contribution in [3.63, 3.8) is 0 Å². The van der Waals surface area contributed by atoms with Crippen LogP contribution in [0.25, 0.3) is 0 Å². The lowest BCUT2D eigenvalue weighted by molar-refractivity contribution is -0.384. The molecule has 1 saturated heterocycles. The molecule has 1 aliphatic heterocycles. The third-order valence-electron chi connectivity index (χ3n) is 3.69. The molecular formula is C13H19BrN4O2. The van der Waals surface area contributed by atoms with Gasteiger partial charge in [0, 0.05) is 18.8 Å². The minimum atomic E-state index is -0.350. The number of nitrogens with one attached hydrogen (secondary N) is 1. The van der Waals surface area contributed by atoms with Crippen molar-refractivity contribution in [3.05, 3.63) is 27.0 Å². The summed E-state index contributed by atoms with van der Waals surface area (Å²) in [6, 6.07) is 0.341. The van der Waals surface area contributed by atoms with Crippen molar-refractivity contribution in [2.24, 2.45) is 0 Å². The number of anilines is 1. The molecular weight excluding hydrogens is 324 g/mol. The van der Waals surface area contributed by atoms with Gasteiger partial charge in [-0.2, -0.15) is 0 Å². The van der Waals surface area contributed by atoms with Crippen molar-refractivity contribution < 1.29 is 4.92 Å². The minimum Gasteiger partial charge on any atom is -0.362 e. The molecule has 7 heteroatoms. The minimum absolute atomic E-state index is 0.0794. The maximum absolute atomic E-state index is 11.2. The summed E-state index contributed by atoms with van der Waals surface area (Å²) in [6.07, 6.45) is 7.29. The molecule has 0 bridgehead atoms. The molecule has 2 heterocycles. The second kappa shape index (κ2) is 6.99. The van der Waals surface area contributed by atoms with E-state index in [1.54, 1.807) is 6.20 Å². The number of hydrogen-bond acceptors (Lipinski definition) is 5. The zero-order valence-electron chi connectivity index (χ0n) is 11.5. The van der Waals surface area contributed by atoms with E-state index in [4.69, 9.17) is 0 Å². The lowest BCUT2D eigenvalue weighted by atomic mass is 9.98. The highest BCUT2D eigenvalue weighted by Gasteiger charge is 2.29. The van der Waals surface area contributed by atoms with Gasteiger partial charge in [-0.3, -0.25) is 15.1 Å². The number of aromatic nitrogens is 1. The topological polar surface area (TPSA) is 71.3 Å². The normalized spacial score (nSPS) is 19.1. The van der Waals surface area contributed by atoms with Gasteiger partial charge in [-0.05, 0) is 55.2 Å². The first kappa shape index (κ1) is 15.2. The van der Waals surface area contributed by atoms with Gasteiger partial charge >= 0.3 is 5.69 Å². The summed E-state index contributed by atoms with van der Waals surface area (Å²) in [6.45, 7) is 1.77. The Balaban J connectivity index is 2.34. The number of hydrogen-bond donors (Lipinski definition) is 1. The maximum atomic E-state index is 11.2. The molecule has 0 radical (unpaired) electrons. The second-order valence-electron chi connectivity index (χ2n) is 4.98. The predicted octanol–water partition coefficient (Wildman–Crippen LogP) is 2.72. The van der Waals surface area contributed by atoms with E-state index < -0.39 is 0 Å². The van der Waals surface area contributed by atoms with Gasteiger partial charge in [0.25, 0.3) is 0 Å². The molecule has 0 aliphatic carbocycles. The highest BCUT2D eigenvalue weighted by molar-refractivity contribution is 9.10. The van der Waals surface area contributed by atoms with E-state index in [0.717, 1.165) is 32.4 Å². The Bertz CT molecular complexity index is 483. The van der Waals surface area contributed by atoms with E-state index in [1.807, 2.05) is 7.05 Å². The van der Waals surface area contributed by atoms with Crippen LogP contribution < -0.4 is 10.2 Å². The average Bonchev–Trinajstić information content (AvgIpc) is 2.45. The van der Waals surface area contributed by atoms with E-state index in [2.05, 4.69) is 31.1 Å².